The third-order valence-electron chi connectivity index (χ3n) is 3.58. The van der Waals surface area contributed by atoms with Crippen LogP contribution >= 0.6 is 11.8 Å². The Balaban J connectivity index is 1.85. The molecule has 1 fully saturated rings. The van der Waals surface area contributed by atoms with Gasteiger partial charge in [-0.25, -0.2) is 8.42 Å². The van der Waals surface area contributed by atoms with Gasteiger partial charge < -0.3 is 5.32 Å². The third kappa shape index (κ3) is 3.75. The largest absolute Gasteiger partial charge is 0.314 e. The van der Waals surface area contributed by atoms with Crippen LogP contribution in [0.4, 0.5) is 0 Å². The van der Waals surface area contributed by atoms with E-state index < -0.39 is 9.84 Å². The topological polar surface area (TPSA) is 70.0 Å². The van der Waals surface area contributed by atoms with Gasteiger partial charge in [0.15, 0.2) is 9.84 Å². The Kier molecular flexibility index (Phi) is 4.74. The van der Waals surface area contributed by atoms with E-state index in [0.717, 1.165) is 6.54 Å². The highest BCUT2D eigenvalue weighted by Crippen LogP contribution is 2.46. The monoisotopic (exact) mass is 310 g/mol. The number of hydrogen-bond acceptors (Lipinski definition) is 5. The lowest BCUT2D eigenvalue weighted by Crippen LogP contribution is -2.30. The van der Waals surface area contributed by atoms with Gasteiger partial charge in [0.2, 0.25) is 0 Å². The second kappa shape index (κ2) is 6.17. The van der Waals surface area contributed by atoms with Crippen LogP contribution in [0, 0.1) is 11.3 Å². The molecule has 0 amide bonds. The smallest absolute Gasteiger partial charge is 0.179 e. The molecule has 2 rings (SSSR count). The minimum absolute atomic E-state index is 0.0867. The first-order chi connectivity index (χ1) is 9.51. The molecule has 4 nitrogen and oxygen atoms in total. The van der Waals surface area contributed by atoms with Crippen LogP contribution in [-0.2, 0) is 9.84 Å². The Morgan fingerprint density at radius 3 is 2.50 bits per heavy atom. The molecular formula is C14H18N2O2S2. The molecular weight excluding hydrogens is 292 g/mol. The first-order valence-electron chi connectivity index (χ1n) is 6.50. The summed E-state index contributed by atoms with van der Waals surface area (Å²) in [7, 11) is -3.27. The van der Waals surface area contributed by atoms with Crippen molar-refractivity contribution >= 4 is 21.6 Å². The quantitative estimate of drug-likeness (QED) is 0.778. The van der Waals surface area contributed by atoms with Crippen molar-refractivity contribution in [2.45, 2.75) is 22.5 Å². The second-order valence-corrected chi connectivity index (χ2v) is 8.40. The molecule has 0 bridgehead atoms. The molecule has 0 unspecified atom stereocenters. The minimum atomic E-state index is -3.27. The highest BCUT2D eigenvalue weighted by Gasteiger charge is 2.41. The van der Waals surface area contributed by atoms with Crippen LogP contribution in [0.5, 0.6) is 0 Å². The molecule has 6 heteroatoms. The van der Waals surface area contributed by atoms with Gasteiger partial charge in [-0.05, 0) is 43.4 Å². The predicted octanol–water partition coefficient (Wildman–Crippen LogP) is 1.82. The van der Waals surface area contributed by atoms with Crippen LogP contribution in [0.1, 0.15) is 18.4 Å². The molecule has 0 atom stereocenters. The second-order valence-electron chi connectivity index (χ2n) is 5.02. The summed E-state index contributed by atoms with van der Waals surface area (Å²) < 4.78 is 24.6. The molecule has 108 valence electrons. The molecule has 1 aliphatic carbocycles. The van der Waals surface area contributed by atoms with E-state index in [1.807, 2.05) is 17.8 Å². The summed E-state index contributed by atoms with van der Waals surface area (Å²) in [5.41, 5.74) is 0.470. The lowest BCUT2D eigenvalue weighted by molar-refractivity contribution is 0.589. The lowest BCUT2D eigenvalue weighted by atomic mass is 10.2. The van der Waals surface area contributed by atoms with E-state index in [1.165, 1.54) is 37.1 Å². The number of rotatable bonds is 7. The first kappa shape index (κ1) is 15.4. The number of hydrogen-bond donors (Lipinski definition) is 1. The normalized spacial score (nSPS) is 16.6. The van der Waals surface area contributed by atoms with Crippen molar-refractivity contribution in [2.75, 3.05) is 25.1 Å². The Bertz CT molecular complexity index is 599. The van der Waals surface area contributed by atoms with Crippen molar-refractivity contribution in [3.63, 3.8) is 0 Å². The van der Waals surface area contributed by atoms with Crippen LogP contribution in [0.15, 0.2) is 29.2 Å². The maximum Gasteiger partial charge on any atom is 0.179 e. The van der Waals surface area contributed by atoms with Gasteiger partial charge >= 0.3 is 0 Å². The minimum Gasteiger partial charge on any atom is -0.314 e. The van der Waals surface area contributed by atoms with Gasteiger partial charge in [0, 0.05) is 17.8 Å². The Morgan fingerprint density at radius 1 is 1.35 bits per heavy atom. The van der Waals surface area contributed by atoms with Crippen molar-refractivity contribution in [1.82, 2.24) is 5.32 Å². The zero-order chi connectivity index (χ0) is 14.6. The van der Waals surface area contributed by atoms with Crippen molar-refractivity contribution in [1.29, 1.82) is 5.26 Å². The van der Waals surface area contributed by atoms with E-state index in [2.05, 4.69) is 11.6 Å². The van der Waals surface area contributed by atoms with E-state index in [9.17, 15) is 8.42 Å². The van der Waals surface area contributed by atoms with Gasteiger partial charge in [-0.15, -0.1) is 0 Å². The van der Waals surface area contributed by atoms with E-state index in [-0.39, 0.29) is 10.6 Å². The summed E-state index contributed by atoms with van der Waals surface area (Å²) >= 11 is 1.85. The number of nitrogens with zero attached hydrogens (tertiary/aromatic N) is 1. The van der Waals surface area contributed by atoms with E-state index in [0.29, 0.717) is 16.9 Å². The average molecular weight is 310 g/mol. The fourth-order valence-corrected chi connectivity index (χ4v) is 3.93. The fourth-order valence-electron chi connectivity index (χ4n) is 1.97. The van der Waals surface area contributed by atoms with Crippen LogP contribution in [-0.4, -0.2) is 38.3 Å². The predicted molar refractivity (Wildman–Crippen MR) is 81.6 cm³/mol. The van der Waals surface area contributed by atoms with Crippen molar-refractivity contribution in [3.8, 4) is 6.07 Å². The van der Waals surface area contributed by atoms with E-state index >= 15 is 0 Å². The molecule has 1 aliphatic rings. The summed E-state index contributed by atoms with van der Waals surface area (Å²) in [5, 5.41) is 11.9. The van der Waals surface area contributed by atoms with Gasteiger partial charge in [-0.2, -0.15) is 17.0 Å². The molecule has 1 aromatic rings. The summed E-state index contributed by atoms with van der Waals surface area (Å²) in [4.78, 5) is 0.282. The molecule has 0 heterocycles. The maximum absolute atomic E-state index is 12.1. The van der Waals surface area contributed by atoms with Gasteiger partial charge in [-0.3, -0.25) is 0 Å². The molecule has 0 saturated heterocycles. The average Bonchev–Trinajstić information content (AvgIpc) is 3.24. The Hall–Kier alpha value is -1.03. The summed E-state index contributed by atoms with van der Waals surface area (Å²) in [6, 6.07) is 8.04. The SMILES string of the molecule is CSC1(CNCCS(=O)(=O)c2ccc(C#N)cc2)CC1. The summed E-state index contributed by atoms with van der Waals surface area (Å²) in [6.07, 6.45) is 4.52. The molecule has 1 N–H and O–H groups in total. The van der Waals surface area contributed by atoms with Crippen molar-refractivity contribution in [3.05, 3.63) is 29.8 Å². The number of benzene rings is 1. The van der Waals surface area contributed by atoms with Gasteiger partial charge in [0.1, 0.15) is 0 Å². The van der Waals surface area contributed by atoms with Crippen LogP contribution in [0.3, 0.4) is 0 Å². The lowest BCUT2D eigenvalue weighted by Gasteiger charge is -2.13. The van der Waals surface area contributed by atoms with Crippen molar-refractivity contribution in [2.24, 2.45) is 0 Å². The molecule has 1 saturated carbocycles. The maximum atomic E-state index is 12.1. The molecule has 0 spiro atoms. The Labute approximate surface area is 124 Å². The fraction of sp³-hybridized carbons (Fsp3) is 0.500. The zero-order valence-electron chi connectivity index (χ0n) is 11.4. The molecule has 0 radical (unpaired) electrons. The highest BCUT2D eigenvalue weighted by molar-refractivity contribution is 8.00. The molecule has 0 aromatic heterocycles. The van der Waals surface area contributed by atoms with E-state index in [4.69, 9.17) is 5.26 Å². The molecule has 20 heavy (non-hydrogen) atoms. The standard InChI is InChI=1S/C14H18N2O2S2/c1-19-14(6-7-14)11-16-8-9-20(17,18)13-4-2-12(10-15)3-5-13/h2-5,16H,6-9,11H2,1H3. The third-order valence-corrected chi connectivity index (χ3v) is 6.73. The van der Waals surface area contributed by atoms with Crippen LogP contribution in [0.2, 0.25) is 0 Å². The molecule has 0 aliphatic heterocycles. The number of nitriles is 1. The molecule has 1 aromatic carbocycles. The first-order valence-corrected chi connectivity index (χ1v) is 9.38. The number of thioether (sulfide) groups is 1. The van der Waals surface area contributed by atoms with Gasteiger partial charge in [-0.1, -0.05) is 0 Å². The van der Waals surface area contributed by atoms with Crippen LogP contribution in [0.25, 0.3) is 0 Å². The van der Waals surface area contributed by atoms with Gasteiger partial charge in [0.05, 0.1) is 22.3 Å². The number of sulfone groups is 1. The summed E-state index contributed by atoms with van der Waals surface area (Å²) in [6.45, 7) is 1.34. The van der Waals surface area contributed by atoms with E-state index in [1.54, 1.807) is 0 Å². The van der Waals surface area contributed by atoms with Crippen molar-refractivity contribution < 1.29 is 8.42 Å². The summed E-state index contributed by atoms with van der Waals surface area (Å²) in [5.74, 6) is 0.0867. The van der Waals surface area contributed by atoms with Gasteiger partial charge in [0.25, 0.3) is 0 Å². The highest BCUT2D eigenvalue weighted by atomic mass is 32.2. The zero-order valence-corrected chi connectivity index (χ0v) is 13.1. The van der Waals surface area contributed by atoms with Crippen LogP contribution < -0.4 is 5.32 Å². The Morgan fingerprint density at radius 2 is 2.00 bits per heavy atom. The number of nitrogens with one attached hydrogen (secondary N) is 1.